The summed E-state index contributed by atoms with van der Waals surface area (Å²) in [5.41, 5.74) is 5.16. The Morgan fingerprint density at radius 1 is 0.912 bits per heavy atom. The minimum Gasteiger partial charge on any atom is -0.344 e. The van der Waals surface area contributed by atoms with Crippen LogP contribution < -0.4 is 4.72 Å². The monoisotopic (exact) mass is 470 g/mol. The number of carbonyl (C=O) groups excluding carboxylic acids is 1. The molecule has 1 N–H and O–H groups in total. The number of carbonyl (C=O) groups is 1. The van der Waals surface area contributed by atoms with Gasteiger partial charge < -0.3 is 4.57 Å². The number of para-hydroxylation sites is 1. The fraction of sp³-hybridized carbons (Fsp3) is 0.107. The smallest absolute Gasteiger partial charge is 0.261 e. The maximum atomic E-state index is 13.1. The summed E-state index contributed by atoms with van der Waals surface area (Å²) < 4.78 is 30.8. The lowest BCUT2D eigenvalue weighted by atomic mass is 9.95. The average Bonchev–Trinajstić information content (AvgIpc) is 3.10. The number of nitrogens with one attached hydrogen (secondary N) is 1. The Bertz CT molecular complexity index is 1510. The molecule has 0 unspecified atom stereocenters. The summed E-state index contributed by atoms with van der Waals surface area (Å²) in [7, 11) is -1.84. The quantitative estimate of drug-likeness (QED) is 0.365. The summed E-state index contributed by atoms with van der Waals surface area (Å²) in [6.07, 6.45) is 4.84. The van der Waals surface area contributed by atoms with Crippen molar-refractivity contribution < 1.29 is 13.2 Å². The van der Waals surface area contributed by atoms with E-state index in [4.69, 9.17) is 0 Å². The Hall–Kier alpha value is -3.90. The average molecular weight is 471 g/mol. The van der Waals surface area contributed by atoms with Gasteiger partial charge >= 0.3 is 0 Å². The minimum atomic E-state index is -3.78. The van der Waals surface area contributed by atoms with Gasteiger partial charge in [-0.3, -0.25) is 9.52 Å². The van der Waals surface area contributed by atoms with Gasteiger partial charge in [-0.05, 0) is 49.8 Å². The Morgan fingerprint density at radius 3 is 2.24 bits per heavy atom. The van der Waals surface area contributed by atoms with Crippen molar-refractivity contribution in [2.24, 2.45) is 7.05 Å². The van der Waals surface area contributed by atoms with Crippen molar-refractivity contribution in [2.45, 2.75) is 18.7 Å². The van der Waals surface area contributed by atoms with Gasteiger partial charge in [-0.25, -0.2) is 8.42 Å². The van der Waals surface area contributed by atoms with E-state index in [1.54, 1.807) is 30.3 Å². The number of aryl methyl sites for hydroxylation is 2. The standard InChI is InChI=1S/C28H26N2O3S/c1-20-13-16-23(17-14-20)34(32,33)29-19-25(22-9-5-4-6-10-22)28-24-11-7-8-12-26(24)30(3)27(28)18-15-21(2)31/h4-19,29H,1-3H3/b18-15+,25-19?. The van der Waals surface area contributed by atoms with Gasteiger partial charge in [-0.15, -0.1) is 0 Å². The Kier molecular flexibility index (Phi) is 6.52. The van der Waals surface area contributed by atoms with Crippen LogP contribution in [0.1, 0.15) is 29.3 Å². The second-order valence-corrected chi connectivity index (χ2v) is 9.85. The van der Waals surface area contributed by atoms with Crippen LogP contribution in [0, 0.1) is 6.92 Å². The molecule has 34 heavy (non-hydrogen) atoms. The molecule has 1 heterocycles. The van der Waals surface area contributed by atoms with Crippen molar-refractivity contribution in [2.75, 3.05) is 0 Å². The number of benzene rings is 3. The van der Waals surface area contributed by atoms with Gasteiger partial charge in [0.05, 0.1) is 4.90 Å². The molecule has 4 aromatic rings. The van der Waals surface area contributed by atoms with Crippen LogP contribution >= 0.6 is 0 Å². The van der Waals surface area contributed by atoms with E-state index in [1.807, 2.05) is 73.1 Å². The fourth-order valence-corrected chi connectivity index (χ4v) is 4.83. The topological polar surface area (TPSA) is 68.2 Å². The van der Waals surface area contributed by atoms with Crippen LogP contribution in [-0.2, 0) is 21.9 Å². The van der Waals surface area contributed by atoms with Crippen molar-refractivity contribution in [1.29, 1.82) is 0 Å². The lowest BCUT2D eigenvalue weighted by Gasteiger charge is -2.12. The molecule has 0 saturated heterocycles. The van der Waals surface area contributed by atoms with Crippen LogP contribution in [0.5, 0.6) is 0 Å². The normalized spacial score (nSPS) is 12.4. The number of rotatable bonds is 7. The van der Waals surface area contributed by atoms with E-state index >= 15 is 0 Å². The zero-order valence-electron chi connectivity index (χ0n) is 19.3. The van der Waals surface area contributed by atoms with E-state index in [0.29, 0.717) is 5.57 Å². The molecule has 5 nitrogen and oxygen atoms in total. The van der Waals surface area contributed by atoms with Gasteiger partial charge in [0.2, 0.25) is 0 Å². The number of hydrogen-bond acceptors (Lipinski definition) is 3. The lowest BCUT2D eigenvalue weighted by Crippen LogP contribution is -2.18. The minimum absolute atomic E-state index is 0.0680. The first kappa shape index (κ1) is 23.3. The molecule has 0 atom stereocenters. The molecule has 0 aliphatic carbocycles. The summed E-state index contributed by atoms with van der Waals surface area (Å²) in [6.45, 7) is 3.41. The molecule has 3 aromatic carbocycles. The molecule has 4 rings (SSSR count). The zero-order valence-corrected chi connectivity index (χ0v) is 20.1. The van der Waals surface area contributed by atoms with E-state index in [9.17, 15) is 13.2 Å². The molecule has 0 bridgehead atoms. The molecule has 0 aliphatic rings. The van der Waals surface area contributed by atoms with Gasteiger partial charge in [0, 0.05) is 41.0 Å². The highest BCUT2D eigenvalue weighted by Crippen LogP contribution is 2.35. The predicted molar refractivity (Wildman–Crippen MR) is 138 cm³/mol. The van der Waals surface area contributed by atoms with E-state index < -0.39 is 10.0 Å². The van der Waals surface area contributed by atoms with E-state index in [-0.39, 0.29) is 10.7 Å². The third-order valence-electron chi connectivity index (χ3n) is 5.67. The second kappa shape index (κ2) is 9.53. The zero-order chi connectivity index (χ0) is 24.3. The third-order valence-corrected chi connectivity index (χ3v) is 6.99. The van der Waals surface area contributed by atoms with Gasteiger partial charge in [0.1, 0.15) is 0 Å². The predicted octanol–water partition coefficient (Wildman–Crippen LogP) is 5.46. The van der Waals surface area contributed by atoms with Crippen LogP contribution in [0.25, 0.3) is 22.6 Å². The SMILES string of the molecule is CC(=O)/C=C/c1c(C(=CNS(=O)(=O)c2ccc(C)cc2)c2ccccc2)c2ccccc2n1C. The molecule has 172 valence electrons. The summed E-state index contributed by atoms with van der Waals surface area (Å²) in [6, 6.07) is 24.2. The first-order chi connectivity index (χ1) is 16.3. The fourth-order valence-electron chi connectivity index (χ4n) is 3.93. The lowest BCUT2D eigenvalue weighted by molar-refractivity contribution is -0.112. The van der Waals surface area contributed by atoms with Crippen molar-refractivity contribution in [3.05, 3.63) is 114 Å². The molecule has 6 heteroatoms. The van der Waals surface area contributed by atoms with Crippen molar-refractivity contribution in [3.63, 3.8) is 0 Å². The summed E-state index contributed by atoms with van der Waals surface area (Å²) in [4.78, 5) is 11.9. The molecule has 0 aliphatic heterocycles. The van der Waals surface area contributed by atoms with Crippen LogP contribution in [0.3, 0.4) is 0 Å². The van der Waals surface area contributed by atoms with Crippen LogP contribution in [0.15, 0.2) is 96.0 Å². The summed E-state index contributed by atoms with van der Waals surface area (Å²) >= 11 is 0. The number of aromatic nitrogens is 1. The van der Waals surface area contributed by atoms with Crippen molar-refractivity contribution in [3.8, 4) is 0 Å². The Labute approximate surface area is 200 Å². The highest BCUT2D eigenvalue weighted by atomic mass is 32.2. The molecular weight excluding hydrogens is 444 g/mol. The number of fused-ring (bicyclic) bond motifs is 1. The number of nitrogens with zero attached hydrogens (tertiary/aromatic N) is 1. The third kappa shape index (κ3) is 4.72. The number of allylic oxidation sites excluding steroid dienone is 1. The molecular formula is C28H26N2O3S. The first-order valence-electron chi connectivity index (χ1n) is 10.9. The van der Waals surface area contributed by atoms with E-state index in [1.165, 1.54) is 19.2 Å². The first-order valence-corrected chi connectivity index (χ1v) is 12.4. The highest BCUT2D eigenvalue weighted by molar-refractivity contribution is 7.89. The van der Waals surface area contributed by atoms with Gasteiger partial charge in [-0.2, -0.15) is 0 Å². The van der Waals surface area contributed by atoms with Gasteiger partial charge in [0.25, 0.3) is 10.0 Å². The summed E-state index contributed by atoms with van der Waals surface area (Å²) in [5, 5.41) is 0.956. The summed E-state index contributed by atoms with van der Waals surface area (Å²) in [5.74, 6) is -0.0680. The van der Waals surface area contributed by atoms with Gasteiger partial charge in [-0.1, -0.05) is 66.2 Å². The second-order valence-electron chi connectivity index (χ2n) is 8.14. The molecule has 0 spiro atoms. The van der Waals surface area contributed by atoms with E-state index in [0.717, 1.165) is 33.3 Å². The van der Waals surface area contributed by atoms with Crippen molar-refractivity contribution >= 4 is 38.4 Å². The molecule has 0 radical (unpaired) electrons. The van der Waals surface area contributed by atoms with Gasteiger partial charge in [0.15, 0.2) is 5.78 Å². The molecule has 0 amide bonds. The Morgan fingerprint density at radius 2 is 1.56 bits per heavy atom. The number of hydrogen-bond donors (Lipinski definition) is 1. The van der Waals surface area contributed by atoms with Crippen LogP contribution in [-0.4, -0.2) is 18.8 Å². The molecule has 0 saturated carbocycles. The van der Waals surface area contributed by atoms with Crippen LogP contribution in [0.2, 0.25) is 0 Å². The maximum absolute atomic E-state index is 13.1. The number of ketones is 1. The maximum Gasteiger partial charge on any atom is 0.261 e. The van der Waals surface area contributed by atoms with E-state index in [2.05, 4.69) is 4.72 Å². The Balaban J connectivity index is 1.94. The van der Waals surface area contributed by atoms with Crippen molar-refractivity contribution in [1.82, 2.24) is 9.29 Å². The highest BCUT2D eigenvalue weighted by Gasteiger charge is 2.20. The molecule has 0 fully saturated rings. The largest absolute Gasteiger partial charge is 0.344 e. The number of sulfonamides is 1. The van der Waals surface area contributed by atoms with Crippen LogP contribution in [0.4, 0.5) is 0 Å². The molecule has 1 aromatic heterocycles.